The summed E-state index contributed by atoms with van der Waals surface area (Å²) >= 11 is 0. The van der Waals surface area contributed by atoms with E-state index in [1.54, 1.807) is 0 Å². The molecule has 0 fully saturated rings. The summed E-state index contributed by atoms with van der Waals surface area (Å²) in [5.74, 6) is 0.653. The topological polar surface area (TPSA) is 129 Å². The number of nitrogens with zero attached hydrogens (tertiary/aromatic N) is 3. The van der Waals surface area contributed by atoms with Crippen LogP contribution in [0.4, 0.5) is 17.8 Å². The molecule has 0 radical (unpaired) electrons. The zero-order valence-corrected chi connectivity index (χ0v) is 8.14. The van der Waals surface area contributed by atoms with Crippen molar-refractivity contribution < 1.29 is 10.2 Å². The lowest BCUT2D eigenvalue weighted by atomic mass is 10.6. The van der Waals surface area contributed by atoms with Gasteiger partial charge >= 0.3 is 0 Å². The van der Waals surface area contributed by atoms with Gasteiger partial charge in [0.25, 0.3) is 0 Å². The molecule has 1 heterocycles. The number of nitrogens with one attached hydrogen (secondary N) is 2. The van der Waals surface area contributed by atoms with Crippen LogP contribution in [0.15, 0.2) is 0 Å². The number of hydrogen-bond acceptors (Lipinski definition) is 8. The molecule has 8 heteroatoms. The number of hydrogen-bond donors (Lipinski definition) is 5. The van der Waals surface area contributed by atoms with Gasteiger partial charge in [0.2, 0.25) is 17.8 Å². The van der Waals surface area contributed by atoms with Crippen LogP contribution in [0.5, 0.6) is 0 Å². The van der Waals surface area contributed by atoms with Crippen molar-refractivity contribution in [3.8, 4) is 0 Å². The van der Waals surface area contributed by atoms with Crippen molar-refractivity contribution in [3.63, 3.8) is 0 Å². The van der Waals surface area contributed by atoms with Gasteiger partial charge in [-0.05, 0) is 0 Å². The molecule has 0 atom stereocenters. The first kappa shape index (κ1) is 11.4. The summed E-state index contributed by atoms with van der Waals surface area (Å²) in [6, 6.07) is 0. The number of anilines is 3. The van der Waals surface area contributed by atoms with Gasteiger partial charge in [-0.15, -0.1) is 0 Å². The minimum Gasteiger partial charge on any atom is -0.395 e. The van der Waals surface area contributed by atoms with E-state index in [0.717, 1.165) is 0 Å². The van der Waals surface area contributed by atoms with E-state index in [1.807, 2.05) is 0 Å². The fraction of sp³-hybridized carbons (Fsp3) is 0.571. The van der Waals surface area contributed by atoms with Crippen molar-refractivity contribution in [1.29, 1.82) is 0 Å². The molecule has 8 nitrogen and oxygen atoms in total. The van der Waals surface area contributed by atoms with E-state index in [1.165, 1.54) is 0 Å². The molecule has 1 aromatic heterocycles. The zero-order valence-electron chi connectivity index (χ0n) is 8.14. The largest absolute Gasteiger partial charge is 0.395 e. The summed E-state index contributed by atoms with van der Waals surface area (Å²) in [4.78, 5) is 11.6. The first-order valence-electron chi connectivity index (χ1n) is 4.47. The molecule has 0 unspecified atom stereocenters. The molecular weight excluding hydrogens is 200 g/mol. The van der Waals surface area contributed by atoms with E-state index in [0.29, 0.717) is 13.1 Å². The molecule has 6 N–H and O–H groups in total. The number of nitrogens with two attached hydrogens (primary N) is 1. The van der Waals surface area contributed by atoms with Gasteiger partial charge in [0.15, 0.2) is 0 Å². The van der Waals surface area contributed by atoms with Crippen LogP contribution in [0.1, 0.15) is 0 Å². The quantitative estimate of drug-likeness (QED) is 0.377. The number of aliphatic hydroxyl groups excluding tert-OH is 2. The molecule has 0 saturated carbocycles. The minimum atomic E-state index is -0.0228. The molecule has 0 bridgehead atoms. The van der Waals surface area contributed by atoms with Crippen LogP contribution in [-0.2, 0) is 0 Å². The predicted octanol–water partition coefficient (Wildman–Crippen LogP) is -1.74. The molecule has 0 spiro atoms. The van der Waals surface area contributed by atoms with Gasteiger partial charge in [-0.25, -0.2) is 0 Å². The molecule has 15 heavy (non-hydrogen) atoms. The maximum absolute atomic E-state index is 8.59. The predicted molar refractivity (Wildman–Crippen MR) is 55.4 cm³/mol. The van der Waals surface area contributed by atoms with Crippen LogP contribution in [-0.4, -0.2) is 51.5 Å². The average molecular weight is 214 g/mol. The van der Waals surface area contributed by atoms with Crippen LogP contribution in [0.3, 0.4) is 0 Å². The van der Waals surface area contributed by atoms with Crippen molar-refractivity contribution in [2.45, 2.75) is 0 Å². The molecular formula is C7H14N6O2. The number of aromatic nitrogens is 3. The van der Waals surface area contributed by atoms with E-state index in [-0.39, 0.29) is 31.1 Å². The van der Waals surface area contributed by atoms with Gasteiger partial charge in [-0.1, -0.05) is 0 Å². The van der Waals surface area contributed by atoms with Gasteiger partial charge in [-0.2, -0.15) is 15.0 Å². The van der Waals surface area contributed by atoms with E-state index in [2.05, 4.69) is 25.6 Å². The second-order valence-electron chi connectivity index (χ2n) is 2.64. The molecule has 0 aromatic carbocycles. The Kier molecular flexibility index (Phi) is 4.51. The smallest absolute Gasteiger partial charge is 0.229 e. The number of nitrogen functional groups attached to an aromatic ring is 1. The van der Waals surface area contributed by atoms with E-state index in [9.17, 15) is 0 Å². The van der Waals surface area contributed by atoms with Gasteiger partial charge in [0.05, 0.1) is 13.2 Å². The van der Waals surface area contributed by atoms with Crippen molar-refractivity contribution in [2.24, 2.45) is 0 Å². The number of aliphatic hydroxyl groups is 2. The number of rotatable bonds is 6. The maximum Gasteiger partial charge on any atom is 0.229 e. The first-order chi connectivity index (χ1) is 7.26. The molecule has 1 aromatic rings. The van der Waals surface area contributed by atoms with Crippen LogP contribution >= 0.6 is 0 Å². The molecule has 0 aliphatic rings. The van der Waals surface area contributed by atoms with E-state index in [4.69, 9.17) is 15.9 Å². The summed E-state index contributed by atoms with van der Waals surface area (Å²) in [5, 5.41) is 22.7. The summed E-state index contributed by atoms with van der Waals surface area (Å²) in [6.07, 6.45) is 0. The second kappa shape index (κ2) is 5.94. The average Bonchev–Trinajstić information content (AvgIpc) is 2.23. The molecule has 84 valence electrons. The maximum atomic E-state index is 8.59. The van der Waals surface area contributed by atoms with Crippen molar-refractivity contribution in [3.05, 3.63) is 0 Å². The van der Waals surface area contributed by atoms with E-state index < -0.39 is 0 Å². The lowest BCUT2D eigenvalue weighted by Gasteiger charge is -2.06. The summed E-state index contributed by atoms with van der Waals surface area (Å²) in [7, 11) is 0. The van der Waals surface area contributed by atoms with Gasteiger partial charge in [-0.3, -0.25) is 0 Å². The summed E-state index contributed by atoms with van der Waals surface area (Å²) in [6.45, 7) is 0.627. The molecule has 1 rings (SSSR count). The van der Waals surface area contributed by atoms with Gasteiger partial charge in [0, 0.05) is 13.1 Å². The third-order valence-electron chi connectivity index (χ3n) is 1.44. The lowest BCUT2D eigenvalue weighted by Crippen LogP contribution is -2.14. The Balaban J connectivity index is 2.66. The van der Waals surface area contributed by atoms with Crippen LogP contribution in [0, 0.1) is 0 Å². The van der Waals surface area contributed by atoms with E-state index >= 15 is 0 Å². The molecule has 0 aliphatic carbocycles. The SMILES string of the molecule is Nc1nc(NCCO)nc(NCCO)n1. The van der Waals surface area contributed by atoms with Crippen LogP contribution in [0.25, 0.3) is 0 Å². The zero-order chi connectivity index (χ0) is 11.1. The Morgan fingerprint density at radius 1 is 0.933 bits per heavy atom. The Morgan fingerprint density at radius 3 is 1.80 bits per heavy atom. The monoisotopic (exact) mass is 214 g/mol. The lowest BCUT2D eigenvalue weighted by molar-refractivity contribution is 0.310. The Morgan fingerprint density at radius 2 is 1.40 bits per heavy atom. The first-order valence-corrected chi connectivity index (χ1v) is 4.47. The molecule has 0 amide bonds. The van der Waals surface area contributed by atoms with Crippen LogP contribution < -0.4 is 16.4 Å². The summed E-state index contributed by atoms with van der Waals surface area (Å²) < 4.78 is 0. The molecule has 0 aliphatic heterocycles. The van der Waals surface area contributed by atoms with Crippen molar-refractivity contribution >= 4 is 17.8 Å². The highest BCUT2D eigenvalue weighted by Crippen LogP contribution is 2.05. The normalized spacial score (nSPS) is 10.0. The standard InChI is InChI=1S/C7H14N6O2/c8-5-11-6(9-1-3-14)13-7(12-5)10-2-4-15/h14-15H,1-4H2,(H4,8,9,10,11,12,13). The van der Waals surface area contributed by atoms with Gasteiger partial charge < -0.3 is 26.6 Å². The highest BCUT2D eigenvalue weighted by atomic mass is 16.3. The fourth-order valence-electron chi connectivity index (χ4n) is 0.886. The second-order valence-corrected chi connectivity index (χ2v) is 2.64. The Labute approximate surface area is 86.6 Å². The Bertz CT molecular complexity index is 281. The highest BCUT2D eigenvalue weighted by molar-refractivity contribution is 5.39. The third-order valence-corrected chi connectivity index (χ3v) is 1.44. The van der Waals surface area contributed by atoms with Crippen LogP contribution in [0.2, 0.25) is 0 Å². The minimum absolute atomic E-state index is 0.0228. The van der Waals surface area contributed by atoms with Crippen molar-refractivity contribution in [1.82, 2.24) is 15.0 Å². The van der Waals surface area contributed by atoms with Gasteiger partial charge in [0.1, 0.15) is 0 Å². The third kappa shape index (κ3) is 3.92. The summed E-state index contributed by atoms with van der Waals surface area (Å²) in [5.41, 5.74) is 5.44. The Hall–Kier alpha value is -1.67. The fourth-order valence-corrected chi connectivity index (χ4v) is 0.886. The molecule has 0 saturated heterocycles. The van der Waals surface area contributed by atoms with Crippen molar-refractivity contribution in [2.75, 3.05) is 42.7 Å². The highest BCUT2D eigenvalue weighted by Gasteiger charge is 2.02.